The maximum absolute atomic E-state index is 13.1. The van der Waals surface area contributed by atoms with E-state index in [0.717, 1.165) is 89.9 Å². The minimum Gasteiger partial charge on any atom is -0.462 e. The molecule has 0 aromatic carbocycles. The molecule has 0 saturated carbocycles. The molecule has 0 aliphatic carbocycles. The molecule has 19 heteroatoms. The number of aliphatic hydroxyl groups is 1. The van der Waals surface area contributed by atoms with Gasteiger partial charge in [0, 0.05) is 25.7 Å². The van der Waals surface area contributed by atoms with E-state index in [4.69, 9.17) is 37.0 Å². The van der Waals surface area contributed by atoms with Gasteiger partial charge in [0.2, 0.25) is 0 Å². The highest BCUT2D eigenvalue weighted by Crippen LogP contribution is 2.45. The summed E-state index contributed by atoms with van der Waals surface area (Å²) in [6.45, 7) is 5.05. The molecule has 103 heavy (non-hydrogen) atoms. The van der Waals surface area contributed by atoms with Gasteiger partial charge in [0.25, 0.3) is 0 Å². The maximum Gasteiger partial charge on any atom is 0.472 e. The summed E-state index contributed by atoms with van der Waals surface area (Å²) in [7, 11) is -9.92. The second-order valence-electron chi connectivity index (χ2n) is 30.2. The van der Waals surface area contributed by atoms with Crippen LogP contribution in [-0.4, -0.2) is 96.7 Å². The van der Waals surface area contributed by atoms with Crippen molar-refractivity contribution in [2.24, 2.45) is 0 Å². The molecule has 0 saturated heterocycles. The third-order valence-corrected chi connectivity index (χ3v) is 21.8. The number of esters is 4. The second kappa shape index (κ2) is 78.2. The molecule has 0 radical (unpaired) electrons. The average molecular weight is 1510 g/mol. The van der Waals surface area contributed by atoms with Gasteiger partial charge < -0.3 is 33.8 Å². The summed E-state index contributed by atoms with van der Waals surface area (Å²) in [5, 5.41) is 10.7. The zero-order valence-electron chi connectivity index (χ0n) is 67.3. The lowest BCUT2D eigenvalue weighted by Gasteiger charge is -2.21. The molecule has 0 heterocycles. The van der Waals surface area contributed by atoms with Gasteiger partial charge in [-0.1, -0.05) is 407 Å². The Kier molecular flexibility index (Phi) is 76.7. The lowest BCUT2D eigenvalue weighted by atomic mass is 10.0. The van der Waals surface area contributed by atoms with E-state index >= 15 is 0 Å². The van der Waals surface area contributed by atoms with E-state index in [1.165, 1.54) is 289 Å². The summed E-state index contributed by atoms with van der Waals surface area (Å²) in [5.74, 6) is -2.10. The number of unbranched alkanes of at least 4 members (excludes halogenated alkanes) is 59. The molecule has 0 fully saturated rings. The number of hydrogen-bond donors (Lipinski definition) is 3. The first-order valence-corrected chi connectivity index (χ1v) is 46.8. The van der Waals surface area contributed by atoms with Gasteiger partial charge in [-0.2, -0.15) is 0 Å². The number of phosphoric acid groups is 2. The Balaban J connectivity index is 5.24. The van der Waals surface area contributed by atoms with Crippen molar-refractivity contribution in [3.8, 4) is 0 Å². The van der Waals surface area contributed by atoms with Crippen molar-refractivity contribution in [3.63, 3.8) is 0 Å². The third-order valence-electron chi connectivity index (χ3n) is 19.9. The molecule has 0 spiro atoms. The standard InChI is InChI=1S/C84H164O17P2/c1-5-9-13-17-21-25-29-32-35-37-38-39-41-44-47-51-55-59-63-67-71-84(89)101-80(75-95-82(87)69-65-61-57-53-49-45-43-40-36-33-30-26-22-18-14-10-6-2)77-99-103(92,93)97-73-78(85)72-96-102(90,91)98-76-79(74-94-81(86)68-64-60-56-52-48-28-24-20-16-12-8-4)100-83(88)70-66-62-58-54-50-46-42-34-31-27-23-19-15-11-7-3/h78-80,85H,5-77H2,1-4H3,(H,90,91)(H,92,93)/t78-,79+,80+/m0/s1. The lowest BCUT2D eigenvalue weighted by Crippen LogP contribution is -2.30. The summed E-state index contributed by atoms with van der Waals surface area (Å²) in [4.78, 5) is 73.2. The normalized spacial score (nSPS) is 13.7. The van der Waals surface area contributed by atoms with Crippen molar-refractivity contribution in [1.82, 2.24) is 0 Å². The first-order chi connectivity index (χ1) is 50.2. The first-order valence-electron chi connectivity index (χ1n) is 43.8. The van der Waals surface area contributed by atoms with Crippen molar-refractivity contribution < 1.29 is 80.2 Å². The van der Waals surface area contributed by atoms with Gasteiger partial charge in [0.1, 0.15) is 19.3 Å². The fourth-order valence-corrected chi connectivity index (χ4v) is 14.7. The quantitative estimate of drug-likeness (QED) is 0.0222. The number of phosphoric ester groups is 2. The van der Waals surface area contributed by atoms with E-state index in [0.29, 0.717) is 25.7 Å². The van der Waals surface area contributed by atoms with Gasteiger partial charge in [-0.3, -0.25) is 37.3 Å². The van der Waals surface area contributed by atoms with E-state index in [2.05, 4.69) is 27.7 Å². The SMILES string of the molecule is CCCCCCCCCCCCCCCCCCCCCCC(=O)O[C@H](COC(=O)CCCCCCCCCCCCCCCCCCC)COP(=O)(O)OC[C@@H](O)COP(=O)(O)OC[C@@H](COC(=O)CCCCCCCCCCCCC)OC(=O)CCCCCCCCCCCCCCCCC. The maximum atomic E-state index is 13.1. The number of aliphatic hydroxyl groups excluding tert-OH is 1. The smallest absolute Gasteiger partial charge is 0.462 e. The molecule has 5 atom stereocenters. The molecule has 0 aliphatic rings. The fourth-order valence-electron chi connectivity index (χ4n) is 13.2. The van der Waals surface area contributed by atoms with Crippen LogP contribution in [-0.2, 0) is 65.4 Å². The highest BCUT2D eigenvalue weighted by Gasteiger charge is 2.30. The van der Waals surface area contributed by atoms with Crippen LogP contribution in [0, 0.1) is 0 Å². The molecule has 0 aromatic heterocycles. The van der Waals surface area contributed by atoms with Crippen molar-refractivity contribution in [2.45, 2.75) is 476 Å². The topological polar surface area (TPSA) is 237 Å². The van der Waals surface area contributed by atoms with Crippen LogP contribution >= 0.6 is 15.6 Å². The highest BCUT2D eigenvalue weighted by molar-refractivity contribution is 7.47. The summed E-state index contributed by atoms with van der Waals surface area (Å²) in [5.41, 5.74) is 0. The molecule has 0 aromatic rings. The Morgan fingerprint density at radius 2 is 0.388 bits per heavy atom. The Hall–Kier alpha value is -1.94. The van der Waals surface area contributed by atoms with Gasteiger partial charge >= 0.3 is 39.5 Å². The van der Waals surface area contributed by atoms with E-state index in [1.54, 1.807) is 0 Å². The van der Waals surface area contributed by atoms with Crippen LogP contribution in [0.25, 0.3) is 0 Å². The van der Waals surface area contributed by atoms with Crippen molar-refractivity contribution >= 4 is 39.5 Å². The molecule has 17 nitrogen and oxygen atoms in total. The molecule has 0 aliphatic heterocycles. The summed E-state index contributed by atoms with van der Waals surface area (Å²) in [6, 6.07) is 0. The van der Waals surface area contributed by atoms with Crippen molar-refractivity contribution in [2.75, 3.05) is 39.6 Å². The molecule has 0 bridgehead atoms. The largest absolute Gasteiger partial charge is 0.472 e. The summed E-state index contributed by atoms with van der Waals surface area (Å²) in [6.07, 6.45) is 72.1. The van der Waals surface area contributed by atoms with E-state index in [1.807, 2.05) is 0 Å². The predicted octanol–water partition coefficient (Wildman–Crippen LogP) is 25.7. The minimum absolute atomic E-state index is 0.109. The number of rotatable bonds is 85. The molecule has 2 unspecified atom stereocenters. The first kappa shape index (κ1) is 101. The number of carbonyl (C=O) groups excluding carboxylic acids is 4. The lowest BCUT2D eigenvalue weighted by molar-refractivity contribution is -0.161. The Bertz CT molecular complexity index is 1950. The average Bonchev–Trinajstić information content (AvgIpc) is 0.925. The zero-order chi connectivity index (χ0) is 75.3. The predicted molar refractivity (Wildman–Crippen MR) is 423 cm³/mol. The van der Waals surface area contributed by atoms with Gasteiger partial charge in [0.05, 0.1) is 26.4 Å². The molecule has 612 valence electrons. The molecular weight excluding hydrogens is 1340 g/mol. The van der Waals surface area contributed by atoms with Gasteiger partial charge in [-0.05, 0) is 25.7 Å². The van der Waals surface area contributed by atoms with Crippen LogP contribution in [0.15, 0.2) is 0 Å². The van der Waals surface area contributed by atoms with Gasteiger partial charge in [0.15, 0.2) is 12.2 Å². The Morgan fingerprint density at radius 3 is 0.573 bits per heavy atom. The number of ether oxygens (including phenoxy) is 4. The van der Waals surface area contributed by atoms with Crippen LogP contribution in [0.4, 0.5) is 0 Å². The third kappa shape index (κ3) is 78.0. The van der Waals surface area contributed by atoms with E-state index in [-0.39, 0.29) is 25.7 Å². The van der Waals surface area contributed by atoms with Gasteiger partial charge in [-0.15, -0.1) is 0 Å². The summed E-state index contributed by atoms with van der Waals surface area (Å²) >= 11 is 0. The number of carbonyl (C=O) groups is 4. The van der Waals surface area contributed by atoms with E-state index < -0.39 is 97.5 Å². The Labute approximate surface area is 632 Å². The van der Waals surface area contributed by atoms with Crippen molar-refractivity contribution in [1.29, 1.82) is 0 Å². The highest BCUT2D eigenvalue weighted by atomic mass is 31.2. The van der Waals surface area contributed by atoms with Gasteiger partial charge in [-0.25, -0.2) is 9.13 Å². The van der Waals surface area contributed by atoms with Crippen molar-refractivity contribution in [3.05, 3.63) is 0 Å². The van der Waals surface area contributed by atoms with Crippen LogP contribution in [0.1, 0.15) is 458 Å². The molecule has 0 amide bonds. The molecule has 0 rings (SSSR count). The van der Waals surface area contributed by atoms with Crippen LogP contribution in [0.3, 0.4) is 0 Å². The minimum atomic E-state index is -4.96. The zero-order valence-corrected chi connectivity index (χ0v) is 69.1. The molecular formula is C84H164O17P2. The fraction of sp³-hybridized carbons (Fsp3) is 0.952. The number of hydrogen-bond acceptors (Lipinski definition) is 15. The Morgan fingerprint density at radius 1 is 0.233 bits per heavy atom. The van der Waals surface area contributed by atoms with Crippen LogP contribution < -0.4 is 0 Å². The van der Waals surface area contributed by atoms with Crippen LogP contribution in [0.5, 0.6) is 0 Å². The molecule has 3 N–H and O–H groups in total. The van der Waals surface area contributed by atoms with E-state index in [9.17, 15) is 43.2 Å². The summed E-state index contributed by atoms with van der Waals surface area (Å²) < 4.78 is 68.8. The van der Waals surface area contributed by atoms with Crippen LogP contribution in [0.2, 0.25) is 0 Å². The monoisotopic (exact) mass is 1510 g/mol. The second-order valence-corrected chi connectivity index (χ2v) is 33.1.